The maximum atomic E-state index is 2.40. The summed E-state index contributed by atoms with van der Waals surface area (Å²) in [5, 5.41) is 12.9. The predicted octanol–water partition coefficient (Wildman–Crippen LogP) is 13.8. The highest BCUT2D eigenvalue weighted by atomic mass is 32.1. The van der Waals surface area contributed by atoms with E-state index in [1.165, 1.54) is 74.4 Å². The normalized spacial score (nSPS) is 11.8. The lowest BCUT2D eigenvalue weighted by molar-refractivity contribution is 1.30. The molecule has 1 heterocycles. The largest absolute Gasteiger partial charge is 0.310 e. The zero-order valence-corrected chi connectivity index (χ0v) is 26.9. The quantitative estimate of drug-likeness (QED) is 0.176. The van der Waals surface area contributed by atoms with Crippen LogP contribution in [0.25, 0.3) is 74.4 Å². The Morgan fingerprint density at radius 3 is 1.69 bits per heavy atom. The highest BCUT2D eigenvalue weighted by molar-refractivity contribution is 7.25. The van der Waals surface area contributed by atoms with Gasteiger partial charge in [-0.25, -0.2) is 0 Å². The van der Waals surface area contributed by atoms with Crippen molar-refractivity contribution < 1.29 is 0 Å². The number of rotatable bonds is 4. The molecule has 0 unspecified atom stereocenters. The molecule has 0 aliphatic rings. The molecule has 9 aromatic carbocycles. The van der Waals surface area contributed by atoms with Gasteiger partial charge >= 0.3 is 0 Å². The van der Waals surface area contributed by atoms with Crippen molar-refractivity contribution in [2.75, 3.05) is 4.90 Å². The summed E-state index contributed by atoms with van der Waals surface area (Å²) in [7, 11) is 0. The SMILES string of the molecule is c1ccc(-c2ccc(N(c3ccc4c(ccc5ccc6ccccc6c54)c3)c3ccc4c(c3)sc3cc5ccccc5cc34)cc2)cc1. The Labute approximate surface area is 282 Å². The Morgan fingerprint density at radius 1 is 0.312 bits per heavy atom. The van der Waals surface area contributed by atoms with E-state index in [-0.39, 0.29) is 0 Å². The smallest absolute Gasteiger partial charge is 0.0476 e. The molecule has 0 spiro atoms. The Balaban J connectivity index is 1.16. The van der Waals surface area contributed by atoms with Crippen LogP contribution in [0.4, 0.5) is 17.1 Å². The van der Waals surface area contributed by atoms with E-state index in [1.54, 1.807) is 0 Å². The van der Waals surface area contributed by atoms with Crippen molar-refractivity contribution in [3.8, 4) is 11.1 Å². The van der Waals surface area contributed by atoms with Crippen molar-refractivity contribution in [3.63, 3.8) is 0 Å². The van der Waals surface area contributed by atoms with E-state index < -0.39 is 0 Å². The molecule has 48 heavy (non-hydrogen) atoms. The van der Waals surface area contributed by atoms with Gasteiger partial charge in [-0.3, -0.25) is 0 Å². The number of thiophene rings is 1. The van der Waals surface area contributed by atoms with Crippen LogP contribution in [0.2, 0.25) is 0 Å². The molecule has 1 aromatic heterocycles. The van der Waals surface area contributed by atoms with Gasteiger partial charge in [-0.2, -0.15) is 0 Å². The van der Waals surface area contributed by atoms with Crippen LogP contribution < -0.4 is 4.90 Å². The number of benzene rings is 9. The number of fused-ring (bicyclic) bond motifs is 9. The second-order valence-corrected chi connectivity index (χ2v) is 13.7. The third kappa shape index (κ3) is 4.38. The van der Waals surface area contributed by atoms with Gasteiger partial charge in [0.25, 0.3) is 0 Å². The van der Waals surface area contributed by atoms with Crippen molar-refractivity contribution in [2.24, 2.45) is 0 Å². The first-order valence-electron chi connectivity index (χ1n) is 16.4. The first kappa shape index (κ1) is 27.2. The van der Waals surface area contributed by atoms with Crippen molar-refractivity contribution >= 4 is 91.7 Å². The molecular weight excluding hydrogens is 599 g/mol. The lowest BCUT2D eigenvalue weighted by Crippen LogP contribution is -2.09. The molecule has 0 aliphatic carbocycles. The Hall–Kier alpha value is -5.96. The summed E-state index contributed by atoms with van der Waals surface area (Å²) < 4.78 is 2.62. The summed E-state index contributed by atoms with van der Waals surface area (Å²) in [6, 6.07) is 64.6. The lowest BCUT2D eigenvalue weighted by atomic mass is 9.96. The summed E-state index contributed by atoms with van der Waals surface area (Å²) in [5.74, 6) is 0. The first-order chi connectivity index (χ1) is 23.8. The molecule has 0 aliphatic heterocycles. The van der Waals surface area contributed by atoms with Crippen molar-refractivity contribution in [2.45, 2.75) is 0 Å². The van der Waals surface area contributed by atoms with Crippen LogP contribution in [0.5, 0.6) is 0 Å². The van der Waals surface area contributed by atoms with E-state index in [0.29, 0.717) is 0 Å². The fourth-order valence-electron chi connectivity index (χ4n) is 7.43. The summed E-state index contributed by atoms with van der Waals surface area (Å²) in [5.41, 5.74) is 5.85. The van der Waals surface area contributed by atoms with Gasteiger partial charge in [0, 0.05) is 37.2 Å². The van der Waals surface area contributed by atoms with Crippen LogP contribution in [0, 0.1) is 0 Å². The summed E-state index contributed by atoms with van der Waals surface area (Å²) in [6.07, 6.45) is 0. The molecule has 0 saturated carbocycles. The van der Waals surface area contributed by atoms with Gasteiger partial charge in [0.2, 0.25) is 0 Å². The molecule has 0 saturated heterocycles. The van der Waals surface area contributed by atoms with Crippen LogP contribution in [-0.4, -0.2) is 0 Å². The average molecular weight is 628 g/mol. The summed E-state index contributed by atoms with van der Waals surface area (Å²) in [4.78, 5) is 2.40. The lowest BCUT2D eigenvalue weighted by Gasteiger charge is -2.26. The number of anilines is 3. The second-order valence-electron chi connectivity index (χ2n) is 12.6. The van der Waals surface area contributed by atoms with Gasteiger partial charge in [0.05, 0.1) is 0 Å². The Bertz CT molecular complexity index is 2830. The third-order valence-corrected chi connectivity index (χ3v) is 10.9. The second kappa shape index (κ2) is 10.8. The van der Waals surface area contributed by atoms with Crippen LogP contribution in [0.1, 0.15) is 0 Å². The maximum absolute atomic E-state index is 2.40. The van der Waals surface area contributed by atoms with Gasteiger partial charge in [-0.1, -0.05) is 127 Å². The topological polar surface area (TPSA) is 3.24 Å². The highest BCUT2D eigenvalue weighted by Gasteiger charge is 2.17. The standard InChI is InChI=1S/C46H29NS/c1-2-8-30(9-3-1)31-18-20-37(21-19-31)47(39-23-25-42-43-27-34-11-4-5-12-35(34)28-44(43)48-45(42)29-39)38-22-24-41-36(26-38)17-16-33-15-14-32-10-6-7-13-40(32)46(33)41/h1-29H. The third-order valence-electron chi connectivity index (χ3n) is 9.78. The summed E-state index contributed by atoms with van der Waals surface area (Å²) >= 11 is 1.88. The van der Waals surface area contributed by atoms with Crippen LogP contribution in [-0.2, 0) is 0 Å². The molecule has 0 bridgehead atoms. The highest BCUT2D eigenvalue weighted by Crippen LogP contribution is 2.43. The molecule has 0 amide bonds. The van der Waals surface area contributed by atoms with Gasteiger partial charge < -0.3 is 4.90 Å². The van der Waals surface area contributed by atoms with Crippen molar-refractivity contribution in [3.05, 3.63) is 176 Å². The zero-order valence-electron chi connectivity index (χ0n) is 26.1. The molecule has 224 valence electrons. The molecule has 2 heteroatoms. The molecule has 10 aromatic rings. The molecular formula is C46H29NS. The number of hydrogen-bond donors (Lipinski definition) is 0. The van der Waals surface area contributed by atoms with Crippen molar-refractivity contribution in [1.29, 1.82) is 0 Å². The van der Waals surface area contributed by atoms with Gasteiger partial charge in [-0.05, 0) is 103 Å². The van der Waals surface area contributed by atoms with E-state index in [4.69, 9.17) is 0 Å². The van der Waals surface area contributed by atoms with E-state index in [2.05, 4.69) is 181 Å². The van der Waals surface area contributed by atoms with E-state index in [9.17, 15) is 0 Å². The minimum atomic E-state index is 1.13. The molecule has 1 nitrogen and oxygen atoms in total. The fourth-order valence-corrected chi connectivity index (χ4v) is 8.60. The van der Waals surface area contributed by atoms with Crippen molar-refractivity contribution in [1.82, 2.24) is 0 Å². The monoisotopic (exact) mass is 627 g/mol. The fraction of sp³-hybridized carbons (Fsp3) is 0. The molecule has 0 radical (unpaired) electrons. The van der Waals surface area contributed by atoms with E-state index in [0.717, 1.165) is 17.1 Å². The summed E-state index contributed by atoms with van der Waals surface area (Å²) in [6.45, 7) is 0. The van der Waals surface area contributed by atoms with Gasteiger partial charge in [-0.15, -0.1) is 11.3 Å². The maximum Gasteiger partial charge on any atom is 0.0476 e. The van der Waals surface area contributed by atoms with Crippen LogP contribution in [0.3, 0.4) is 0 Å². The minimum Gasteiger partial charge on any atom is -0.310 e. The Kier molecular flexibility index (Phi) is 6.12. The van der Waals surface area contributed by atoms with Gasteiger partial charge in [0.1, 0.15) is 0 Å². The van der Waals surface area contributed by atoms with Crippen LogP contribution in [0.15, 0.2) is 176 Å². The average Bonchev–Trinajstić information content (AvgIpc) is 3.50. The Morgan fingerprint density at radius 2 is 0.875 bits per heavy atom. The molecule has 0 atom stereocenters. The van der Waals surface area contributed by atoms with Gasteiger partial charge in [0.15, 0.2) is 0 Å². The number of hydrogen-bond acceptors (Lipinski definition) is 2. The predicted molar refractivity (Wildman–Crippen MR) is 209 cm³/mol. The molecule has 0 N–H and O–H groups in total. The van der Waals surface area contributed by atoms with E-state index in [1.807, 2.05) is 11.3 Å². The van der Waals surface area contributed by atoms with E-state index >= 15 is 0 Å². The van der Waals surface area contributed by atoms with Crippen LogP contribution >= 0.6 is 11.3 Å². The molecule has 10 rings (SSSR count). The minimum absolute atomic E-state index is 1.13. The zero-order chi connectivity index (χ0) is 31.6. The molecule has 0 fully saturated rings. The number of nitrogens with zero attached hydrogens (tertiary/aromatic N) is 1. The first-order valence-corrected chi connectivity index (χ1v) is 17.2.